The zero-order valence-electron chi connectivity index (χ0n) is 14.8. The predicted molar refractivity (Wildman–Crippen MR) is 112 cm³/mol. The minimum atomic E-state index is -0.656. The molecule has 3 rings (SSSR count). The number of nitrogens with zero attached hydrogens (tertiary/aromatic N) is 3. The summed E-state index contributed by atoms with van der Waals surface area (Å²) in [6.07, 6.45) is 2.40. The molecule has 0 spiro atoms. The number of phenols is 1. The van der Waals surface area contributed by atoms with Gasteiger partial charge >= 0.3 is 0 Å². The molecule has 1 saturated heterocycles. The van der Waals surface area contributed by atoms with Crippen LogP contribution in [0.3, 0.4) is 0 Å². The third-order valence-corrected chi connectivity index (χ3v) is 4.26. The molecule has 0 aliphatic carbocycles. The predicted octanol–water partition coefficient (Wildman–Crippen LogP) is 2.63. The molecular weight excluding hydrogens is 467 g/mol. The number of phenolic OH excluding ortho intramolecular Hbond substituents is 1. The highest BCUT2D eigenvalue weighted by Crippen LogP contribution is 2.20. The van der Waals surface area contributed by atoms with E-state index in [1.165, 1.54) is 18.2 Å². The fourth-order valence-electron chi connectivity index (χ4n) is 2.91. The van der Waals surface area contributed by atoms with Gasteiger partial charge in [0.1, 0.15) is 0 Å². The standard InChI is InChI=1S/C18H21F2N5O.HI/c1-21-18(23-10-12-4-5-16(26)15(20)9-12)24-13-6-8-25(11-13)17-14(19)3-2-7-22-17;/h2-5,7,9,13,26H,6,8,10-11H2,1H3,(H2,21,23,24);1H. The molecule has 146 valence electrons. The fraction of sp³-hybridized carbons (Fsp3) is 0.333. The van der Waals surface area contributed by atoms with Gasteiger partial charge in [-0.2, -0.15) is 0 Å². The monoisotopic (exact) mass is 489 g/mol. The van der Waals surface area contributed by atoms with Crippen molar-refractivity contribution in [2.24, 2.45) is 4.99 Å². The van der Waals surface area contributed by atoms with Gasteiger partial charge in [-0.1, -0.05) is 6.07 Å². The Morgan fingerprint density at radius 2 is 2.15 bits per heavy atom. The van der Waals surface area contributed by atoms with E-state index >= 15 is 0 Å². The second kappa shape index (κ2) is 9.67. The first-order valence-electron chi connectivity index (χ1n) is 8.37. The van der Waals surface area contributed by atoms with Crippen LogP contribution in [0.5, 0.6) is 5.75 Å². The van der Waals surface area contributed by atoms with Crippen molar-refractivity contribution in [3.05, 3.63) is 53.7 Å². The Morgan fingerprint density at radius 1 is 1.33 bits per heavy atom. The zero-order valence-corrected chi connectivity index (χ0v) is 17.2. The van der Waals surface area contributed by atoms with Gasteiger partial charge in [0.05, 0.1) is 0 Å². The molecule has 1 aliphatic rings. The Hall–Kier alpha value is -2.17. The largest absolute Gasteiger partial charge is 0.505 e. The molecular formula is C18H22F2IN5O. The summed E-state index contributed by atoms with van der Waals surface area (Å²) < 4.78 is 27.2. The second-order valence-corrected chi connectivity index (χ2v) is 6.10. The third kappa shape index (κ3) is 5.41. The molecule has 2 heterocycles. The van der Waals surface area contributed by atoms with Gasteiger partial charge in [0.25, 0.3) is 0 Å². The summed E-state index contributed by atoms with van der Waals surface area (Å²) in [5, 5.41) is 15.6. The van der Waals surface area contributed by atoms with Crippen LogP contribution < -0.4 is 15.5 Å². The Kier molecular flexibility index (Phi) is 7.57. The van der Waals surface area contributed by atoms with Crippen LogP contribution in [-0.2, 0) is 6.54 Å². The van der Waals surface area contributed by atoms with Crippen molar-refractivity contribution in [3.8, 4) is 5.75 Å². The molecule has 1 aliphatic heterocycles. The number of benzene rings is 1. The van der Waals surface area contributed by atoms with E-state index in [1.807, 2.05) is 4.90 Å². The lowest BCUT2D eigenvalue weighted by molar-refractivity contribution is 0.431. The van der Waals surface area contributed by atoms with Crippen LogP contribution in [0.4, 0.5) is 14.6 Å². The number of aromatic hydroxyl groups is 1. The normalized spacial score (nSPS) is 16.8. The van der Waals surface area contributed by atoms with Crippen molar-refractivity contribution in [1.82, 2.24) is 15.6 Å². The quantitative estimate of drug-likeness (QED) is 0.350. The average Bonchev–Trinajstić information content (AvgIpc) is 3.10. The van der Waals surface area contributed by atoms with Crippen LogP contribution in [0.25, 0.3) is 0 Å². The lowest BCUT2D eigenvalue weighted by atomic mass is 10.2. The third-order valence-electron chi connectivity index (χ3n) is 4.26. The molecule has 1 unspecified atom stereocenters. The van der Waals surface area contributed by atoms with Crippen LogP contribution in [0.15, 0.2) is 41.5 Å². The number of hydrogen-bond donors (Lipinski definition) is 3. The summed E-state index contributed by atoms with van der Waals surface area (Å²) in [7, 11) is 1.65. The van der Waals surface area contributed by atoms with Gasteiger partial charge in [-0.15, -0.1) is 24.0 Å². The number of guanidine groups is 1. The number of aliphatic imine (C=N–C) groups is 1. The topological polar surface area (TPSA) is 72.8 Å². The van der Waals surface area contributed by atoms with E-state index in [0.29, 0.717) is 37.0 Å². The fourth-order valence-corrected chi connectivity index (χ4v) is 2.91. The Morgan fingerprint density at radius 3 is 2.85 bits per heavy atom. The SMILES string of the molecule is CN=C(NCc1ccc(O)c(F)c1)NC1CCN(c2ncccc2F)C1.I. The van der Waals surface area contributed by atoms with Crippen molar-refractivity contribution >= 4 is 35.8 Å². The van der Waals surface area contributed by atoms with Gasteiger partial charge in [0, 0.05) is 38.9 Å². The Balaban J connectivity index is 0.00000261. The maximum atomic E-state index is 13.9. The molecule has 1 aromatic heterocycles. The molecule has 1 atom stereocenters. The minimum absolute atomic E-state index is 0. The van der Waals surface area contributed by atoms with Gasteiger partial charge in [-0.3, -0.25) is 4.99 Å². The van der Waals surface area contributed by atoms with Gasteiger partial charge < -0.3 is 20.6 Å². The number of pyridine rings is 1. The summed E-state index contributed by atoms with van der Waals surface area (Å²) in [4.78, 5) is 10.2. The molecule has 9 heteroatoms. The molecule has 1 aromatic carbocycles. The van der Waals surface area contributed by atoms with E-state index in [0.717, 1.165) is 6.42 Å². The first kappa shape index (κ1) is 21.1. The molecule has 0 bridgehead atoms. The summed E-state index contributed by atoms with van der Waals surface area (Å²) >= 11 is 0. The van der Waals surface area contributed by atoms with Crippen LogP contribution in [0.1, 0.15) is 12.0 Å². The number of halogens is 3. The highest BCUT2D eigenvalue weighted by atomic mass is 127. The maximum absolute atomic E-state index is 13.9. The van der Waals surface area contributed by atoms with Crippen molar-refractivity contribution < 1.29 is 13.9 Å². The summed E-state index contributed by atoms with van der Waals surface area (Å²) in [5.74, 6) is -0.420. The van der Waals surface area contributed by atoms with E-state index in [9.17, 15) is 13.9 Å². The number of anilines is 1. The first-order valence-corrected chi connectivity index (χ1v) is 8.37. The van der Waals surface area contributed by atoms with Crippen molar-refractivity contribution in [1.29, 1.82) is 0 Å². The van der Waals surface area contributed by atoms with E-state index in [1.54, 1.807) is 25.4 Å². The molecule has 0 radical (unpaired) electrons. The van der Waals surface area contributed by atoms with Crippen molar-refractivity contribution in [2.45, 2.75) is 19.0 Å². The number of hydrogen-bond acceptors (Lipinski definition) is 4. The first-order chi connectivity index (χ1) is 12.6. The van der Waals surface area contributed by atoms with Crippen LogP contribution in [0, 0.1) is 11.6 Å². The molecule has 2 aromatic rings. The number of aromatic nitrogens is 1. The summed E-state index contributed by atoms with van der Waals surface area (Å²) in [5.41, 5.74) is 0.687. The molecule has 3 N–H and O–H groups in total. The van der Waals surface area contributed by atoms with Crippen molar-refractivity contribution in [3.63, 3.8) is 0 Å². The van der Waals surface area contributed by atoms with Crippen LogP contribution >= 0.6 is 24.0 Å². The Labute approximate surface area is 173 Å². The lowest BCUT2D eigenvalue weighted by Gasteiger charge is -2.20. The van der Waals surface area contributed by atoms with Gasteiger partial charge in [0.15, 0.2) is 29.2 Å². The maximum Gasteiger partial charge on any atom is 0.191 e. The molecule has 1 fully saturated rings. The highest BCUT2D eigenvalue weighted by molar-refractivity contribution is 14.0. The summed E-state index contributed by atoms with van der Waals surface area (Å²) in [6, 6.07) is 7.30. The Bertz CT molecular complexity index is 805. The highest BCUT2D eigenvalue weighted by Gasteiger charge is 2.25. The second-order valence-electron chi connectivity index (χ2n) is 6.10. The van der Waals surface area contributed by atoms with Gasteiger partial charge in [0.2, 0.25) is 0 Å². The van der Waals surface area contributed by atoms with E-state index < -0.39 is 5.82 Å². The summed E-state index contributed by atoms with van der Waals surface area (Å²) in [6.45, 7) is 1.68. The smallest absolute Gasteiger partial charge is 0.191 e. The number of nitrogens with one attached hydrogen (secondary N) is 2. The zero-order chi connectivity index (χ0) is 18.5. The van der Waals surface area contributed by atoms with Crippen LogP contribution in [0.2, 0.25) is 0 Å². The van der Waals surface area contributed by atoms with E-state index in [2.05, 4.69) is 20.6 Å². The van der Waals surface area contributed by atoms with Crippen LogP contribution in [-0.4, -0.2) is 42.2 Å². The van der Waals surface area contributed by atoms with E-state index in [-0.39, 0.29) is 41.6 Å². The number of rotatable bonds is 4. The van der Waals surface area contributed by atoms with E-state index in [4.69, 9.17) is 0 Å². The van der Waals surface area contributed by atoms with Gasteiger partial charge in [-0.05, 0) is 36.2 Å². The van der Waals surface area contributed by atoms with Crippen molar-refractivity contribution in [2.75, 3.05) is 25.0 Å². The molecule has 0 amide bonds. The van der Waals surface area contributed by atoms with Gasteiger partial charge in [-0.25, -0.2) is 13.8 Å². The molecule has 0 saturated carbocycles. The molecule has 6 nitrogen and oxygen atoms in total. The lowest BCUT2D eigenvalue weighted by Crippen LogP contribution is -2.44. The average molecular weight is 489 g/mol. The minimum Gasteiger partial charge on any atom is -0.505 e. The molecule has 27 heavy (non-hydrogen) atoms.